The van der Waals surface area contributed by atoms with Crippen molar-refractivity contribution in [3.63, 3.8) is 0 Å². The second-order valence-corrected chi connectivity index (χ2v) is 7.43. The van der Waals surface area contributed by atoms with Gasteiger partial charge in [-0.1, -0.05) is 13.8 Å². The topological polar surface area (TPSA) is 87.3 Å². The number of nitrogens with one attached hydrogen (secondary N) is 2. The Morgan fingerprint density at radius 2 is 2.00 bits per heavy atom. The summed E-state index contributed by atoms with van der Waals surface area (Å²) in [5.74, 6) is 1.52. The monoisotopic (exact) mass is 384 g/mol. The molecule has 2 N–H and O–H groups in total. The van der Waals surface area contributed by atoms with E-state index in [9.17, 15) is 9.59 Å². The number of piperidine rings is 1. The number of H-pyrrole nitrogens is 1. The SMILES string of the molecule is CNC(=O)c1[nH]c([C@H]2CCCN(C(=O)C(C)C)C2)nc1-c1ccc(OC)cc1. The van der Waals surface area contributed by atoms with Crippen molar-refractivity contribution in [2.24, 2.45) is 5.92 Å². The van der Waals surface area contributed by atoms with Crippen LogP contribution in [-0.4, -0.2) is 53.9 Å². The molecule has 2 amide bonds. The molecule has 1 aromatic heterocycles. The lowest BCUT2D eigenvalue weighted by Gasteiger charge is -2.33. The number of imidazole rings is 1. The Kier molecular flexibility index (Phi) is 6.02. The van der Waals surface area contributed by atoms with Crippen LogP contribution in [0.5, 0.6) is 5.75 Å². The maximum Gasteiger partial charge on any atom is 0.269 e. The van der Waals surface area contributed by atoms with E-state index in [2.05, 4.69) is 10.3 Å². The number of carbonyl (C=O) groups is 2. The van der Waals surface area contributed by atoms with Crippen LogP contribution in [0.4, 0.5) is 0 Å². The summed E-state index contributed by atoms with van der Waals surface area (Å²) in [5.41, 5.74) is 1.90. The number of carbonyl (C=O) groups excluding carboxylic acids is 2. The molecule has 0 bridgehead atoms. The summed E-state index contributed by atoms with van der Waals surface area (Å²) in [7, 11) is 3.22. The van der Waals surface area contributed by atoms with E-state index in [4.69, 9.17) is 9.72 Å². The van der Waals surface area contributed by atoms with Crippen molar-refractivity contribution < 1.29 is 14.3 Å². The van der Waals surface area contributed by atoms with Gasteiger partial charge in [0.15, 0.2) is 0 Å². The lowest BCUT2D eigenvalue weighted by molar-refractivity contribution is -0.135. The van der Waals surface area contributed by atoms with Crippen LogP contribution in [-0.2, 0) is 4.79 Å². The number of ether oxygens (including phenoxy) is 1. The highest BCUT2D eigenvalue weighted by atomic mass is 16.5. The third kappa shape index (κ3) is 4.03. The molecule has 28 heavy (non-hydrogen) atoms. The molecule has 0 saturated carbocycles. The highest BCUT2D eigenvalue weighted by Crippen LogP contribution is 2.30. The van der Waals surface area contributed by atoms with Crippen LogP contribution in [0.2, 0.25) is 0 Å². The fourth-order valence-corrected chi connectivity index (χ4v) is 3.60. The Balaban J connectivity index is 1.92. The quantitative estimate of drug-likeness (QED) is 0.830. The Hall–Kier alpha value is -2.83. The summed E-state index contributed by atoms with van der Waals surface area (Å²) in [6.45, 7) is 5.25. The van der Waals surface area contributed by atoms with Gasteiger partial charge in [0.05, 0.1) is 7.11 Å². The van der Waals surface area contributed by atoms with Crippen LogP contribution in [0, 0.1) is 5.92 Å². The van der Waals surface area contributed by atoms with E-state index in [1.165, 1.54) is 0 Å². The number of aromatic amines is 1. The van der Waals surface area contributed by atoms with Crippen molar-refractivity contribution >= 4 is 11.8 Å². The first-order valence-electron chi connectivity index (χ1n) is 9.69. The van der Waals surface area contributed by atoms with E-state index in [0.29, 0.717) is 17.9 Å². The first-order chi connectivity index (χ1) is 13.4. The van der Waals surface area contributed by atoms with Crippen LogP contribution in [0.1, 0.15) is 48.9 Å². The molecule has 2 heterocycles. The Morgan fingerprint density at radius 1 is 1.29 bits per heavy atom. The van der Waals surface area contributed by atoms with E-state index in [-0.39, 0.29) is 23.7 Å². The normalized spacial score (nSPS) is 16.9. The fraction of sp³-hybridized carbons (Fsp3) is 0.476. The molecule has 0 aliphatic carbocycles. The van der Waals surface area contributed by atoms with E-state index in [0.717, 1.165) is 36.5 Å². The molecule has 150 valence electrons. The van der Waals surface area contributed by atoms with Gasteiger partial charge in [-0.3, -0.25) is 9.59 Å². The van der Waals surface area contributed by atoms with Crippen LogP contribution in [0.15, 0.2) is 24.3 Å². The summed E-state index contributed by atoms with van der Waals surface area (Å²) in [6, 6.07) is 7.48. The largest absolute Gasteiger partial charge is 0.497 e. The minimum Gasteiger partial charge on any atom is -0.497 e. The third-order valence-corrected chi connectivity index (χ3v) is 5.15. The first kappa shape index (κ1) is 19.9. The molecule has 0 radical (unpaired) electrons. The van der Waals surface area contributed by atoms with Gasteiger partial charge in [-0.15, -0.1) is 0 Å². The summed E-state index contributed by atoms with van der Waals surface area (Å²) in [5, 5.41) is 2.67. The molecule has 1 aliphatic rings. The summed E-state index contributed by atoms with van der Waals surface area (Å²) < 4.78 is 5.21. The molecule has 1 aliphatic heterocycles. The zero-order valence-corrected chi connectivity index (χ0v) is 16.9. The second-order valence-electron chi connectivity index (χ2n) is 7.43. The standard InChI is InChI=1S/C21H28N4O3/c1-13(2)21(27)25-11-5-6-15(12-25)19-23-17(18(24-19)20(26)22-3)14-7-9-16(28-4)10-8-14/h7-10,13,15H,5-6,11-12H2,1-4H3,(H,22,26)(H,23,24)/t15-/m0/s1. The molecule has 1 aromatic carbocycles. The molecule has 0 unspecified atom stereocenters. The number of aromatic nitrogens is 2. The van der Waals surface area contributed by atoms with Crippen molar-refractivity contribution in [1.82, 2.24) is 20.2 Å². The highest BCUT2D eigenvalue weighted by Gasteiger charge is 2.29. The summed E-state index contributed by atoms with van der Waals surface area (Å²) >= 11 is 0. The van der Waals surface area contributed by atoms with E-state index in [1.807, 2.05) is 43.0 Å². The molecule has 7 heteroatoms. The van der Waals surface area contributed by atoms with Crippen LogP contribution >= 0.6 is 0 Å². The van der Waals surface area contributed by atoms with Crippen molar-refractivity contribution in [2.75, 3.05) is 27.2 Å². The van der Waals surface area contributed by atoms with Gasteiger partial charge in [-0.25, -0.2) is 4.98 Å². The number of amides is 2. The Labute approximate surface area is 165 Å². The maximum atomic E-state index is 12.4. The fourth-order valence-electron chi connectivity index (χ4n) is 3.60. The van der Waals surface area contributed by atoms with Gasteiger partial charge in [0.2, 0.25) is 5.91 Å². The van der Waals surface area contributed by atoms with Crippen LogP contribution < -0.4 is 10.1 Å². The van der Waals surface area contributed by atoms with E-state index in [1.54, 1.807) is 14.2 Å². The van der Waals surface area contributed by atoms with Gasteiger partial charge in [-0.2, -0.15) is 0 Å². The highest BCUT2D eigenvalue weighted by molar-refractivity contribution is 5.98. The zero-order valence-electron chi connectivity index (χ0n) is 16.9. The number of nitrogens with zero attached hydrogens (tertiary/aromatic N) is 2. The molecule has 1 fully saturated rings. The molecule has 0 spiro atoms. The number of benzene rings is 1. The van der Waals surface area contributed by atoms with Gasteiger partial charge >= 0.3 is 0 Å². The van der Waals surface area contributed by atoms with Crippen molar-refractivity contribution in [3.8, 4) is 17.0 Å². The predicted octanol–water partition coefficient (Wildman–Crippen LogP) is 2.81. The predicted molar refractivity (Wildman–Crippen MR) is 107 cm³/mol. The van der Waals surface area contributed by atoms with Crippen LogP contribution in [0.3, 0.4) is 0 Å². The average Bonchev–Trinajstić information content (AvgIpc) is 3.18. The lowest BCUT2D eigenvalue weighted by atomic mass is 9.96. The van der Waals surface area contributed by atoms with Crippen molar-refractivity contribution in [1.29, 1.82) is 0 Å². The molecule has 1 atom stereocenters. The molecule has 3 rings (SSSR count). The summed E-state index contributed by atoms with van der Waals surface area (Å²) in [4.78, 5) is 34.7. The number of hydrogen-bond donors (Lipinski definition) is 2. The molecular weight excluding hydrogens is 356 g/mol. The van der Waals surface area contributed by atoms with Gasteiger partial charge in [0, 0.05) is 37.5 Å². The smallest absolute Gasteiger partial charge is 0.269 e. The average molecular weight is 384 g/mol. The summed E-state index contributed by atoms with van der Waals surface area (Å²) in [6.07, 6.45) is 1.86. The molecule has 2 aromatic rings. The number of hydrogen-bond acceptors (Lipinski definition) is 4. The van der Waals surface area contributed by atoms with E-state index >= 15 is 0 Å². The molecular formula is C21H28N4O3. The second kappa shape index (κ2) is 8.46. The van der Waals surface area contributed by atoms with E-state index < -0.39 is 0 Å². The number of rotatable bonds is 5. The van der Waals surface area contributed by atoms with Crippen LogP contribution in [0.25, 0.3) is 11.3 Å². The molecule has 1 saturated heterocycles. The Bertz CT molecular complexity index is 842. The zero-order chi connectivity index (χ0) is 20.3. The third-order valence-electron chi connectivity index (χ3n) is 5.15. The van der Waals surface area contributed by atoms with Gasteiger partial charge in [-0.05, 0) is 37.1 Å². The van der Waals surface area contributed by atoms with Gasteiger partial charge in [0.1, 0.15) is 23.0 Å². The van der Waals surface area contributed by atoms with Crippen molar-refractivity contribution in [2.45, 2.75) is 32.6 Å². The number of methoxy groups -OCH3 is 1. The first-order valence-corrected chi connectivity index (χ1v) is 9.69. The van der Waals surface area contributed by atoms with Gasteiger partial charge in [0.25, 0.3) is 5.91 Å². The number of likely N-dealkylation sites (tertiary alicyclic amines) is 1. The van der Waals surface area contributed by atoms with Crippen molar-refractivity contribution in [3.05, 3.63) is 35.8 Å². The van der Waals surface area contributed by atoms with Gasteiger partial charge < -0.3 is 19.9 Å². The maximum absolute atomic E-state index is 12.4. The lowest BCUT2D eigenvalue weighted by Crippen LogP contribution is -2.41. The molecule has 7 nitrogen and oxygen atoms in total. The Morgan fingerprint density at radius 3 is 2.61 bits per heavy atom. The minimum atomic E-state index is -0.213. The minimum absolute atomic E-state index is 0.0216.